The van der Waals surface area contributed by atoms with Gasteiger partial charge in [-0.15, -0.1) is 0 Å². The van der Waals surface area contributed by atoms with Gasteiger partial charge >= 0.3 is 235 Å². The Morgan fingerprint density at radius 2 is 1.50 bits per heavy atom. The number of benzene rings is 1. The van der Waals surface area contributed by atoms with Gasteiger partial charge in [-0.05, 0) is 0 Å². The molecule has 0 saturated heterocycles. The number of hydrogen-bond donors (Lipinski definition) is 0. The summed E-state index contributed by atoms with van der Waals surface area (Å²) < 4.78 is 86.3. The van der Waals surface area contributed by atoms with Crippen molar-refractivity contribution < 1.29 is 35.3 Å². The molecule has 0 unspecified atom stereocenters. The third-order valence-corrected chi connectivity index (χ3v) is 14.7. The predicted octanol–water partition coefficient (Wildman–Crippen LogP) is 7.11. The van der Waals surface area contributed by atoms with E-state index in [4.69, 9.17) is 4.52 Å². The molecule has 0 spiro atoms. The van der Waals surface area contributed by atoms with Crippen molar-refractivity contribution in [3.63, 3.8) is 0 Å². The van der Waals surface area contributed by atoms with E-state index in [-0.39, 0.29) is 42.2 Å². The Morgan fingerprint density at radius 1 is 1.00 bits per heavy atom. The van der Waals surface area contributed by atoms with Crippen LogP contribution in [0.3, 0.4) is 0 Å². The minimum absolute atomic E-state index is 0.00790. The molecule has 1 aromatic carbocycles. The Labute approximate surface area is 234 Å². The fourth-order valence-electron chi connectivity index (χ4n) is 5.38. The first-order valence-corrected chi connectivity index (χ1v) is 18.1. The van der Waals surface area contributed by atoms with Gasteiger partial charge in [-0.25, -0.2) is 0 Å². The predicted molar refractivity (Wildman–Crippen MR) is 153 cm³/mol. The van der Waals surface area contributed by atoms with E-state index in [1.807, 2.05) is 34.6 Å². The molecule has 0 aliphatic rings. The second kappa shape index (κ2) is 12.7. The van der Waals surface area contributed by atoms with E-state index in [0.717, 1.165) is 10.6 Å². The number of aromatic nitrogens is 2. The van der Waals surface area contributed by atoms with E-state index in [1.165, 1.54) is 31.3 Å². The third-order valence-electron chi connectivity index (χ3n) is 6.97. The van der Waals surface area contributed by atoms with Crippen LogP contribution in [0.15, 0.2) is 24.3 Å². The van der Waals surface area contributed by atoms with Crippen molar-refractivity contribution in [2.75, 3.05) is 36.1 Å². The second-order valence-corrected chi connectivity index (χ2v) is 18.3. The van der Waals surface area contributed by atoms with Crippen LogP contribution in [-0.4, -0.2) is 62.3 Å². The second-order valence-electron chi connectivity index (χ2n) is 10.7. The van der Waals surface area contributed by atoms with Crippen LogP contribution in [0.4, 0.5) is 23.5 Å². The molecule has 13 heteroatoms. The molecule has 0 radical (unpaired) electrons. The van der Waals surface area contributed by atoms with Crippen LogP contribution in [0.2, 0.25) is 0 Å². The topological polar surface area (TPSA) is 89.5 Å². The van der Waals surface area contributed by atoms with Crippen LogP contribution < -0.4 is 4.31 Å². The van der Waals surface area contributed by atoms with Crippen molar-refractivity contribution >= 4 is 28.8 Å². The molecule has 0 bridgehead atoms. The number of hydrogen-bond acceptors (Lipinski definition) is 6. The van der Waals surface area contributed by atoms with Gasteiger partial charge in [0.1, 0.15) is 0 Å². The van der Waals surface area contributed by atoms with E-state index in [2.05, 4.69) is 9.97 Å². The van der Waals surface area contributed by atoms with Gasteiger partial charge in [0.15, 0.2) is 0 Å². The van der Waals surface area contributed by atoms with Crippen LogP contribution >= 0.6 is 6.83 Å². The summed E-state index contributed by atoms with van der Waals surface area (Å²) in [5.41, 5.74) is 1.62. The summed E-state index contributed by atoms with van der Waals surface area (Å²) >= 11 is 0. The maximum absolute atomic E-state index is 13.9. The number of carbonyl (C=O) groups is 1. The molecule has 0 amide bonds. The summed E-state index contributed by atoms with van der Waals surface area (Å²) in [6.07, 6.45) is -1.88. The zero-order valence-corrected chi connectivity index (χ0v) is 25.9. The van der Waals surface area contributed by atoms with E-state index in [1.54, 1.807) is 0 Å². The van der Waals surface area contributed by atoms with Crippen molar-refractivity contribution in [3.8, 4) is 11.3 Å². The number of rotatable bonds is 13. The molecule has 1 heterocycles. The van der Waals surface area contributed by atoms with Crippen LogP contribution in [0, 0.1) is 5.82 Å². The third kappa shape index (κ3) is 7.69. The Hall–Kier alpha value is -2.33. The number of carbonyl (C=O) groups excluding carboxylic acids is 1. The van der Waals surface area contributed by atoms with Crippen molar-refractivity contribution in [1.82, 2.24) is 9.97 Å². The minimum atomic E-state index is -5.17. The molecule has 0 N–H and O–H groups in total. The van der Waals surface area contributed by atoms with Gasteiger partial charge in [-0.3, -0.25) is 0 Å². The summed E-state index contributed by atoms with van der Waals surface area (Å²) in [5.74, 6) is -3.12. The Balaban J connectivity index is 3.05. The van der Waals surface area contributed by atoms with Gasteiger partial charge in [0.05, 0.1) is 0 Å². The number of anilines is 1. The molecular formula is C27H40F4N3O4PS. The van der Waals surface area contributed by atoms with Crippen LogP contribution in [0.25, 0.3) is 11.3 Å². The van der Waals surface area contributed by atoms with Crippen molar-refractivity contribution in [2.24, 2.45) is 0 Å². The van der Waals surface area contributed by atoms with Gasteiger partial charge in [-0.1, -0.05) is 0 Å². The van der Waals surface area contributed by atoms with Crippen molar-refractivity contribution in [2.45, 2.75) is 72.1 Å². The molecular weight excluding hydrogens is 569 g/mol. The molecule has 0 aliphatic heterocycles. The van der Waals surface area contributed by atoms with Gasteiger partial charge in [0.25, 0.3) is 0 Å². The van der Waals surface area contributed by atoms with E-state index >= 15 is 0 Å². The molecule has 226 valence electrons. The molecule has 1 aromatic heterocycles. The Kier molecular flexibility index (Phi) is 10.7. The van der Waals surface area contributed by atoms with E-state index < -0.39 is 34.8 Å². The molecule has 2 rings (SSSR count). The molecule has 0 atom stereocenters. The summed E-state index contributed by atoms with van der Waals surface area (Å²) in [7, 11) is -2.46. The molecule has 0 fully saturated rings. The van der Waals surface area contributed by atoms with Gasteiger partial charge in [0.2, 0.25) is 0 Å². The molecule has 0 aliphatic carbocycles. The number of alkyl halides is 3. The summed E-state index contributed by atoms with van der Waals surface area (Å²) in [5, 5.41) is 0. The van der Waals surface area contributed by atoms with Crippen LogP contribution in [-0.2, 0) is 25.5 Å². The molecule has 7 nitrogen and oxygen atoms in total. The summed E-state index contributed by atoms with van der Waals surface area (Å²) in [6, 6.07) is 5.41. The molecule has 40 heavy (non-hydrogen) atoms. The van der Waals surface area contributed by atoms with Crippen molar-refractivity contribution in [1.29, 1.82) is 0 Å². The van der Waals surface area contributed by atoms with Gasteiger partial charge in [-0.2, -0.15) is 0 Å². The molecule has 2 aromatic rings. The standard InChI is InChI=1S/C27H40F4N3O4PS/c1-8-15-39(16-9-2,17-10-3,38-25(35)27(29,30)31)18-22-23(19(4)5)32-26(34(6)40(7,36)37)33-24(22)20-11-13-21(28)14-12-20/h11-14,19H,8-10,15-18H2,1-7H3. The maximum atomic E-state index is 13.9. The Morgan fingerprint density at radius 3 is 1.90 bits per heavy atom. The average Bonchev–Trinajstić information content (AvgIpc) is 2.83. The fourth-order valence-corrected chi connectivity index (χ4v) is 12.3. The average molecular weight is 610 g/mol. The first-order chi connectivity index (χ1) is 18.4. The summed E-state index contributed by atoms with van der Waals surface area (Å²) in [4.78, 5) is 21.7. The van der Waals surface area contributed by atoms with Gasteiger partial charge < -0.3 is 0 Å². The Bertz CT molecular complexity index is 1280. The quantitative estimate of drug-likeness (QED) is 0.178. The van der Waals surface area contributed by atoms with Crippen molar-refractivity contribution in [3.05, 3.63) is 41.3 Å². The van der Waals surface area contributed by atoms with Gasteiger partial charge in [0, 0.05) is 0 Å². The monoisotopic (exact) mass is 609 g/mol. The number of nitrogens with zero attached hydrogens (tertiary/aromatic N) is 3. The number of halogens is 4. The van der Waals surface area contributed by atoms with Crippen LogP contribution in [0.1, 0.15) is 71.1 Å². The van der Waals surface area contributed by atoms with Crippen LogP contribution in [0.5, 0.6) is 0 Å². The van der Waals surface area contributed by atoms with E-state index in [0.29, 0.717) is 36.1 Å². The SMILES string of the molecule is CCCP(CCC)(CCC)(Cc1c(-c2ccc(F)cc2)nc(N(C)S(C)(=O)=O)nc1C(C)C)OC(=O)C(F)(F)F. The first kappa shape index (κ1) is 33.9. The number of sulfonamides is 1. The molecule has 0 saturated carbocycles. The normalized spacial score (nSPS) is 13.7. The first-order valence-electron chi connectivity index (χ1n) is 13.3. The fraction of sp³-hybridized carbons (Fsp3) is 0.593. The summed E-state index contributed by atoms with van der Waals surface area (Å²) in [6.45, 7) is 5.25. The zero-order chi connectivity index (χ0) is 30.5. The van der Waals surface area contributed by atoms with E-state index in [9.17, 15) is 30.8 Å². The zero-order valence-electron chi connectivity index (χ0n) is 24.2.